The summed E-state index contributed by atoms with van der Waals surface area (Å²) in [6, 6.07) is 5.21. The van der Waals surface area contributed by atoms with E-state index in [0.29, 0.717) is 20.9 Å². The number of aromatic nitrogens is 2. The molecule has 1 aromatic carbocycles. The lowest BCUT2D eigenvalue weighted by Crippen LogP contribution is -2.14. The zero-order valence-electron chi connectivity index (χ0n) is 11.0. The van der Waals surface area contributed by atoms with E-state index in [4.69, 9.17) is 17.3 Å². The first kappa shape index (κ1) is 14.9. The van der Waals surface area contributed by atoms with Gasteiger partial charge in [0.25, 0.3) is 5.91 Å². The number of hydrogen-bond donors (Lipinski definition) is 3. The second-order valence-corrected chi connectivity index (χ2v) is 5.81. The standard InChI is InChI=1S/C13H14BrClN4O/c1-6(2)11-10(16)12(19-18-11)13(20)17-8-5-3-4-7(15)9(8)14/h3-6H,16H2,1-2H3,(H,17,20)(H,18,19). The van der Waals surface area contributed by atoms with Crippen molar-refractivity contribution >= 4 is 44.8 Å². The van der Waals surface area contributed by atoms with E-state index < -0.39 is 0 Å². The highest BCUT2D eigenvalue weighted by molar-refractivity contribution is 9.10. The van der Waals surface area contributed by atoms with Gasteiger partial charge in [0, 0.05) is 0 Å². The lowest BCUT2D eigenvalue weighted by Gasteiger charge is -2.07. The molecule has 0 radical (unpaired) electrons. The van der Waals surface area contributed by atoms with Crippen molar-refractivity contribution in [3.05, 3.63) is 39.1 Å². The molecule has 0 unspecified atom stereocenters. The third kappa shape index (κ3) is 2.81. The molecule has 0 aliphatic heterocycles. The molecule has 0 fully saturated rings. The lowest BCUT2D eigenvalue weighted by atomic mass is 10.1. The summed E-state index contributed by atoms with van der Waals surface area (Å²) in [7, 11) is 0. The van der Waals surface area contributed by atoms with Crippen LogP contribution in [0.2, 0.25) is 5.02 Å². The number of halogens is 2. The lowest BCUT2D eigenvalue weighted by molar-refractivity contribution is 0.102. The fourth-order valence-corrected chi connectivity index (χ4v) is 2.30. The van der Waals surface area contributed by atoms with E-state index in [1.54, 1.807) is 18.2 Å². The minimum Gasteiger partial charge on any atom is -0.395 e. The SMILES string of the molecule is CC(C)c1[nH]nc(C(=O)Nc2cccc(Cl)c2Br)c1N. The summed E-state index contributed by atoms with van der Waals surface area (Å²) < 4.78 is 0.619. The van der Waals surface area contributed by atoms with Gasteiger partial charge in [0.2, 0.25) is 0 Å². The number of anilines is 2. The fraction of sp³-hybridized carbons (Fsp3) is 0.231. The monoisotopic (exact) mass is 356 g/mol. The number of hydrogen-bond acceptors (Lipinski definition) is 3. The Bertz CT molecular complexity index is 654. The molecule has 0 saturated carbocycles. The van der Waals surface area contributed by atoms with E-state index in [1.807, 2.05) is 13.8 Å². The van der Waals surface area contributed by atoms with Crippen LogP contribution in [0.15, 0.2) is 22.7 Å². The molecule has 0 spiro atoms. The molecular formula is C13H14BrClN4O. The number of benzene rings is 1. The molecule has 106 valence electrons. The van der Waals surface area contributed by atoms with Crippen LogP contribution in [0.4, 0.5) is 11.4 Å². The Morgan fingerprint density at radius 3 is 2.80 bits per heavy atom. The van der Waals surface area contributed by atoms with Gasteiger partial charge in [-0.3, -0.25) is 9.89 Å². The number of amides is 1. The normalized spacial score (nSPS) is 10.8. The van der Waals surface area contributed by atoms with Crippen LogP contribution in [-0.2, 0) is 0 Å². The van der Waals surface area contributed by atoms with Crippen molar-refractivity contribution in [2.75, 3.05) is 11.1 Å². The first-order chi connectivity index (χ1) is 9.41. The second-order valence-electron chi connectivity index (χ2n) is 4.61. The summed E-state index contributed by atoms with van der Waals surface area (Å²) in [5.74, 6) is -0.212. The van der Waals surface area contributed by atoms with Gasteiger partial charge in [-0.2, -0.15) is 5.10 Å². The largest absolute Gasteiger partial charge is 0.395 e. The maximum Gasteiger partial charge on any atom is 0.278 e. The Morgan fingerprint density at radius 1 is 1.50 bits per heavy atom. The van der Waals surface area contributed by atoms with E-state index in [1.165, 1.54) is 0 Å². The minimum atomic E-state index is -0.381. The van der Waals surface area contributed by atoms with Crippen LogP contribution in [0.3, 0.4) is 0 Å². The van der Waals surface area contributed by atoms with Crippen LogP contribution in [-0.4, -0.2) is 16.1 Å². The molecule has 2 rings (SSSR count). The quantitative estimate of drug-likeness (QED) is 0.781. The Morgan fingerprint density at radius 2 is 2.20 bits per heavy atom. The highest BCUT2D eigenvalue weighted by atomic mass is 79.9. The highest BCUT2D eigenvalue weighted by Crippen LogP contribution is 2.31. The zero-order chi connectivity index (χ0) is 14.9. The smallest absolute Gasteiger partial charge is 0.278 e. The van der Waals surface area contributed by atoms with Gasteiger partial charge in [-0.25, -0.2) is 0 Å². The van der Waals surface area contributed by atoms with Crippen LogP contribution >= 0.6 is 27.5 Å². The maximum absolute atomic E-state index is 12.2. The van der Waals surface area contributed by atoms with Gasteiger partial charge in [-0.15, -0.1) is 0 Å². The number of rotatable bonds is 3. The number of carbonyl (C=O) groups excluding carboxylic acids is 1. The molecule has 20 heavy (non-hydrogen) atoms. The van der Waals surface area contributed by atoms with Crippen molar-refractivity contribution in [2.45, 2.75) is 19.8 Å². The number of H-pyrrole nitrogens is 1. The Hall–Kier alpha value is -1.53. The van der Waals surface area contributed by atoms with Crippen LogP contribution in [0.5, 0.6) is 0 Å². The number of carbonyl (C=O) groups is 1. The molecular weight excluding hydrogens is 344 g/mol. The van der Waals surface area contributed by atoms with Crippen LogP contribution in [0.1, 0.15) is 35.9 Å². The van der Waals surface area contributed by atoms with Gasteiger partial charge in [-0.05, 0) is 34.0 Å². The predicted molar refractivity (Wildman–Crippen MR) is 84.2 cm³/mol. The third-order valence-electron chi connectivity index (χ3n) is 2.83. The first-order valence-electron chi connectivity index (χ1n) is 6.01. The number of nitrogen functional groups attached to an aromatic ring is 1. The molecule has 7 heteroatoms. The zero-order valence-corrected chi connectivity index (χ0v) is 13.3. The molecule has 0 aliphatic carbocycles. The summed E-state index contributed by atoms with van der Waals surface area (Å²) in [6.45, 7) is 3.94. The Balaban J connectivity index is 2.27. The summed E-state index contributed by atoms with van der Waals surface area (Å²) in [6.07, 6.45) is 0. The van der Waals surface area contributed by atoms with E-state index in [0.717, 1.165) is 5.69 Å². The average Bonchev–Trinajstić information content (AvgIpc) is 2.77. The summed E-state index contributed by atoms with van der Waals surface area (Å²) in [5, 5.41) is 10.0. The summed E-state index contributed by atoms with van der Waals surface area (Å²) in [4.78, 5) is 12.2. The van der Waals surface area contributed by atoms with Crippen LogP contribution in [0, 0.1) is 0 Å². The van der Waals surface area contributed by atoms with Crippen molar-refractivity contribution in [1.82, 2.24) is 10.2 Å². The molecule has 5 nitrogen and oxygen atoms in total. The van der Waals surface area contributed by atoms with Crippen LogP contribution < -0.4 is 11.1 Å². The number of aromatic amines is 1. The molecule has 0 aliphatic rings. The number of nitrogens with zero attached hydrogens (tertiary/aromatic N) is 1. The third-order valence-corrected chi connectivity index (χ3v) is 4.22. The fourth-order valence-electron chi connectivity index (χ4n) is 1.76. The summed E-state index contributed by atoms with van der Waals surface area (Å²) in [5.41, 5.74) is 7.80. The van der Waals surface area contributed by atoms with Gasteiger partial charge in [-0.1, -0.05) is 31.5 Å². The molecule has 0 saturated heterocycles. The van der Waals surface area contributed by atoms with Crippen molar-refractivity contribution in [1.29, 1.82) is 0 Å². The Kier molecular flexibility index (Phi) is 4.35. The van der Waals surface area contributed by atoms with Gasteiger partial charge < -0.3 is 11.1 Å². The number of nitrogens with one attached hydrogen (secondary N) is 2. The molecule has 1 aromatic heterocycles. The topological polar surface area (TPSA) is 83.8 Å². The van der Waals surface area contributed by atoms with Gasteiger partial charge in [0.1, 0.15) is 0 Å². The van der Waals surface area contributed by atoms with E-state index in [-0.39, 0.29) is 17.5 Å². The van der Waals surface area contributed by atoms with Crippen molar-refractivity contribution in [2.24, 2.45) is 0 Å². The molecule has 4 N–H and O–H groups in total. The minimum absolute atomic E-state index is 0.168. The van der Waals surface area contributed by atoms with Gasteiger partial charge in [0.05, 0.1) is 26.6 Å². The van der Waals surface area contributed by atoms with Crippen molar-refractivity contribution in [3.8, 4) is 0 Å². The van der Waals surface area contributed by atoms with E-state index >= 15 is 0 Å². The highest BCUT2D eigenvalue weighted by Gasteiger charge is 2.19. The predicted octanol–water partition coefficient (Wildman–Crippen LogP) is 3.78. The molecule has 1 heterocycles. The average molecular weight is 358 g/mol. The maximum atomic E-state index is 12.2. The molecule has 0 atom stereocenters. The van der Waals surface area contributed by atoms with Gasteiger partial charge >= 0.3 is 0 Å². The van der Waals surface area contributed by atoms with E-state index in [9.17, 15) is 4.79 Å². The second kappa shape index (κ2) is 5.85. The Labute approximate surface area is 130 Å². The van der Waals surface area contributed by atoms with Gasteiger partial charge in [0.15, 0.2) is 5.69 Å². The number of nitrogens with two attached hydrogens (primary N) is 1. The van der Waals surface area contributed by atoms with Crippen molar-refractivity contribution in [3.63, 3.8) is 0 Å². The van der Waals surface area contributed by atoms with E-state index in [2.05, 4.69) is 31.4 Å². The summed E-state index contributed by atoms with van der Waals surface area (Å²) >= 11 is 9.30. The van der Waals surface area contributed by atoms with Crippen molar-refractivity contribution < 1.29 is 4.79 Å². The molecule has 0 bridgehead atoms. The molecule has 2 aromatic rings. The molecule has 1 amide bonds. The first-order valence-corrected chi connectivity index (χ1v) is 7.18. The van der Waals surface area contributed by atoms with Crippen LogP contribution in [0.25, 0.3) is 0 Å².